The zero-order chi connectivity index (χ0) is 11.5. The highest BCUT2D eigenvalue weighted by Crippen LogP contribution is 2.22. The Morgan fingerprint density at radius 3 is 2.33 bits per heavy atom. The van der Waals surface area contributed by atoms with Crippen LogP contribution in [0.2, 0.25) is 0 Å². The molecule has 0 atom stereocenters. The molecule has 78 valence electrons. The molecule has 0 aromatic heterocycles. The number of rotatable bonds is 1. The van der Waals surface area contributed by atoms with Crippen molar-refractivity contribution in [2.45, 2.75) is 6.18 Å². The maximum Gasteiger partial charge on any atom is 0.441 e. The van der Waals surface area contributed by atoms with Gasteiger partial charge in [0.25, 0.3) is 0 Å². The van der Waals surface area contributed by atoms with E-state index in [0.717, 1.165) is 12.1 Å². The lowest BCUT2D eigenvalue weighted by atomic mass is 10.3. The third kappa shape index (κ3) is 2.81. The van der Waals surface area contributed by atoms with E-state index >= 15 is 0 Å². The second-order valence-electron chi connectivity index (χ2n) is 2.55. The second kappa shape index (κ2) is 4.13. The summed E-state index contributed by atoms with van der Waals surface area (Å²) in [5.74, 6) is 0.524. The lowest BCUT2D eigenvalue weighted by molar-refractivity contribution is -0.0571. The Hall–Kier alpha value is -1.83. The van der Waals surface area contributed by atoms with E-state index in [9.17, 15) is 17.6 Å². The van der Waals surface area contributed by atoms with Gasteiger partial charge in [0.15, 0.2) is 5.71 Å². The van der Waals surface area contributed by atoms with Crippen LogP contribution in [-0.4, -0.2) is 11.9 Å². The van der Waals surface area contributed by atoms with Gasteiger partial charge in [-0.3, -0.25) is 0 Å². The average molecular weight is 215 g/mol. The lowest BCUT2D eigenvalue weighted by Crippen LogP contribution is -2.20. The highest BCUT2D eigenvalue weighted by atomic mass is 19.4. The van der Waals surface area contributed by atoms with Crippen LogP contribution in [0.5, 0.6) is 0 Å². The molecule has 0 aliphatic heterocycles. The molecule has 0 spiro atoms. The molecule has 0 bridgehead atoms. The van der Waals surface area contributed by atoms with Crippen molar-refractivity contribution in [2.24, 2.45) is 4.99 Å². The summed E-state index contributed by atoms with van der Waals surface area (Å²) in [6.07, 6.45) is -0.105. The number of halogens is 4. The zero-order valence-electron chi connectivity index (χ0n) is 7.35. The van der Waals surface area contributed by atoms with Crippen molar-refractivity contribution in [3.8, 4) is 12.3 Å². The molecule has 1 rings (SSSR count). The highest BCUT2D eigenvalue weighted by molar-refractivity contribution is 6.05. The number of nitrogens with zero attached hydrogens (tertiary/aromatic N) is 1. The number of aliphatic imine (C=N–C) groups is 1. The Morgan fingerprint density at radius 2 is 1.87 bits per heavy atom. The molecule has 0 aliphatic rings. The van der Waals surface area contributed by atoms with Crippen LogP contribution in [0.1, 0.15) is 0 Å². The number of para-hydroxylation sites is 1. The molecule has 0 saturated carbocycles. The van der Waals surface area contributed by atoms with Gasteiger partial charge in [-0.2, -0.15) is 13.2 Å². The van der Waals surface area contributed by atoms with Crippen LogP contribution in [0, 0.1) is 18.2 Å². The normalized spacial score (nSPS) is 12.3. The van der Waals surface area contributed by atoms with E-state index in [1.165, 1.54) is 18.1 Å². The monoisotopic (exact) mass is 215 g/mol. The van der Waals surface area contributed by atoms with Crippen LogP contribution in [0.25, 0.3) is 0 Å². The summed E-state index contributed by atoms with van der Waals surface area (Å²) in [5, 5.41) is 0. The molecule has 0 aliphatic carbocycles. The van der Waals surface area contributed by atoms with Crippen molar-refractivity contribution >= 4 is 11.4 Å². The Labute approximate surface area is 83.4 Å². The quantitative estimate of drug-likeness (QED) is 0.388. The molecule has 1 aromatic carbocycles. The van der Waals surface area contributed by atoms with Crippen LogP contribution in [-0.2, 0) is 0 Å². The molecular formula is C10H5F4N. The fourth-order valence-electron chi connectivity index (χ4n) is 0.840. The number of alkyl halides is 3. The van der Waals surface area contributed by atoms with Gasteiger partial charge in [0.05, 0.1) is 0 Å². The van der Waals surface area contributed by atoms with E-state index in [4.69, 9.17) is 0 Å². The molecule has 0 saturated heterocycles. The van der Waals surface area contributed by atoms with Gasteiger partial charge < -0.3 is 0 Å². The number of benzene rings is 1. The minimum absolute atomic E-state index is 0.428. The van der Waals surface area contributed by atoms with E-state index in [-0.39, 0.29) is 0 Å². The van der Waals surface area contributed by atoms with Crippen LogP contribution in [0.15, 0.2) is 29.3 Å². The number of hydrogen-bond acceptors (Lipinski definition) is 1. The van der Waals surface area contributed by atoms with Crippen LogP contribution in [0.4, 0.5) is 23.2 Å². The molecule has 1 nitrogen and oxygen atoms in total. The summed E-state index contributed by atoms with van der Waals surface area (Å²) in [5.41, 5.74) is -1.88. The first kappa shape index (κ1) is 11.2. The van der Waals surface area contributed by atoms with E-state index < -0.39 is 23.4 Å². The van der Waals surface area contributed by atoms with Crippen LogP contribution < -0.4 is 0 Å². The predicted molar refractivity (Wildman–Crippen MR) is 48.4 cm³/mol. The Bertz CT molecular complexity index is 426. The molecule has 0 heterocycles. The Kier molecular flexibility index (Phi) is 3.10. The first-order valence-electron chi connectivity index (χ1n) is 3.82. The molecule has 0 N–H and O–H groups in total. The van der Waals surface area contributed by atoms with Crippen molar-refractivity contribution in [3.05, 3.63) is 30.1 Å². The molecule has 1 aromatic rings. The van der Waals surface area contributed by atoms with E-state index in [2.05, 4.69) is 11.4 Å². The smallest absolute Gasteiger partial charge is 0.232 e. The maximum absolute atomic E-state index is 12.9. The Balaban J connectivity index is 3.17. The van der Waals surface area contributed by atoms with E-state index in [1.807, 2.05) is 0 Å². The highest BCUT2D eigenvalue weighted by Gasteiger charge is 2.34. The van der Waals surface area contributed by atoms with Crippen LogP contribution in [0.3, 0.4) is 0 Å². The molecule has 0 amide bonds. The van der Waals surface area contributed by atoms with Gasteiger partial charge in [0.1, 0.15) is 11.5 Å². The standard InChI is InChI=1S/C10H5F4N/c1-2-9(10(12,13)14)15-8-6-4-3-5-7(8)11/h1,3-6H. The van der Waals surface area contributed by atoms with Crippen molar-refractivity contribution < 1.29 is 17.6 Å². The molecule has 15 heavy (non-hydrogen) atoms. The van der Waals surface area contributed by atoms with Gasteiger partial charge in [-0.25, -0.2) is 9.38 Å². The third-order valence-corrected chi connectivity index (χ3v) is 1.49. The van der Waals surface area contributed by atoms with E-state index in [1.54, 1.807) is 0 Å². The predicted octanol–water partition coefficient (Wildman–Crippen LogP) is 3.09. The minimum Gasteiger partial charge on any atom is -0.232 e. The SMILES string of the molecule is C#CC(=Nc1ccccc1F)C(F)(F)F. The summed E-state index contributed by atoms with van der Waals surface area (Å²) < 4.78 is 49.4. The Morgan fingerprint density at radius 1 is 1.27 bits per heavy atom. The van der Waals surface area contributed by atoms with E-state index in [0.29, 0.717) is 0 Å². The lowest BCUT2D eigenvalue weighted by Gasteiger charge is -2.04. The topological polar surface area (TPSA) is 12.4 Å². The minimum atomic E-state index is -4.74. The van der Waals surface area contributed by atoms with Gasteiger partial charge in [0.2, 0.25) is 0 Å². The molecule has 0 fully saturated rings. The van der Waals surface area contributed by atoms with Gasteiger partial charge in [-0.1, -0.05) is 12.1 Å². The number of terminal acetylenes is 1. The zero-order valence-corrected chi connectivity index (χ0v) is 7.35. The fraction of sp³-hybridized carbons (Fsp3) is 0.100. The second-order valence-corrected chi connectivity index (χ2v) is 2.55. The van der Waals surface area contributed by atoms with Gasteiger partial charge in [-0.15, -0.1) is 6.42 Å². The number of hydrogen-bond donors (Lipinski definition) is 0. The molecule has 0 unspecified atom stereocenters. The summed E-state index contributed by atoms with van der Waals surface area (Å²) in [7, 11) is 0. The first-order chi connectivity index (χ1) is 6.95. The first-order valence-corrected chi connectivity index (χ1v) is 3.82. The summed E-state index contributed by atoms with van der Waals surface area (Å²) in [4.78, 5) is 3.03. The summed E-state index contributed by atoms with van der Waals surface area (Å²) in [6, 6.07) is 4.83. The molecule has 5 heteroatoms. The molecular weight excluding hydrogens is 210 g/mol. The maximum atomic E-state index is 12.9. The van der Waals surface area contributed by atoms with Crippen molar-refractivity contribution in [2.75, 3.05) is 0 Å². The van der Waals surface area contributed by atoms with Gasteiger partial charge in [-0.05, 0) is 18.1 Å². The van der Waals surface area contributed by atoms with Crippen molar-refractivity contribution in [1.82, 2.24) is 0 Å². The van der Waals surface area contributed by atoms with Gasteiger partial charge in [0, 0.05) is 0 Å². The third-order valence-electron chi connectivity index (χ3n) is 1.49. The van der Waals surface area contributed by atoms with Gasteiger partial charge >= 0.3 is 6.18 Å². The van der Waals surface area contributed by atoms with Crippen molar-refractivity contribution in [3.63, 3.8) is 0 Å². The summed E-state index contributed by atoms with van der Waals surface area (Å²) in [6.45, 7) is 0. The summed E-state index contributed by atoms with van der Waals surface area (Å²) >= 11 is 0. The largest absolute Gasteiger partial charge is 0.441 e. The molecule has 0 radical (unpaired) electrons. The van der Waals surface area contributed by atoms with Crippen molar-refractivity contribution in [1.29, 1.82) is 0 Å². The average Bonchev–Trinajstić information content (AvgIpc) is 2.14. The fourth-order valence-corrected chi connectivity index (χ4v) is 0.840. The van der Waals surface area contributed by atoms with Crippen LogP contribution >= 0.6 is 0 Å².